The molecule has 0 spiro atoms. The number of nitrogens with zero attached hydrogens (tertiary/aromatic N) is 3. The number of benzene rings is 2. The number of aromatic nitrogens is 1. The van der Waals surface area contributed by atoms with Gasteiger partial charge in [-0.15, -0.1) is 0 Å². The van der Waals surface area contributed by atoms with Gasteiger partial charge in [-0.2, -0.15) is 0 Å². The number of likely N-dealkylation sites (N-methyl/N-ethyl adjacent to an activating group) is 1. The van der Waals surface area contributed by atoms with Crippen LogP contribution in [-0.4, -0.2) is 42.1 Å². The van der Waals surface area contributed by atoms with Crippen molar-refractivity contribution in [3.05, 3.63) is 59.8 Å². The van der Waals surface area contributed by atoms with Gasteiger partial charge >= 0.3 is 0 Å². The normalized spacial score (nSPS) is 20.2. The highest BCUT2D eigenvalue weighted by molar-refractivity contribution is 5.95. The second-order valence-corrected chi connectivity index (χ2v) is 9.10. The molecule has 2 aromatic carbocycles. The van der Waals surface area contributed by atoms with Gasteiger partial charge in [-0.1, -0.05) is 32.0 Å². The average molecular weight is 403 g/mol. The number of hydrogen-bond acceptors (Lipinski definition) is 4. The Bertz CT molecular complexity index is 1010. The lowest BCUT2D eigenvalue weighted by Crippen LogP contribution is -2.55. The van der Waals surface area contributed by atoms with Crippen molar-refractivity contribution in [3.63, 3.8) is 0 Å². The van der Waals surface area contributed by atoms with Crippen molar-refractivity contribution in [1.82, 2.24) is 9.88 Å². The van der Waals surface area contributed by atoms with Crippen LogP contribution in [0.5, 0.6) is 0 Å². The minimum Gasteiger partial charge on any atom is -0.368 e. The molecule has 1 N–H and O–H groups in total. The summed E-state index contributed by atoms with van der Waals surface area (Å²) in [5.74, 6) is 0.400. The minimum atomic E-state index is 0.400. The van der Waals surface area contributed by atoms with E-state index in [0.29, 0.717) is 18.0 Å². The highest BCUT2D eigenvalue weighted by Crippen LogP contribution is 2.36. The number of para-hydroxylation sites is 1. The molecule has 1 aliphatic heterocycles. The SMILES string of the molecule is Cc1nc2ccccc2c(Nc2ccc(N3CC(C)N(C)C(C)C3)cc2)c1C(C)C. The molecule has 2 unspecified atom stereocenters. The maximum atomic E-state index is 4.84. The van der Waals surface area contributed by atoms with Crippen LogP contribution >= 0.6 is 0 Å². The molecule has 158 valence electrons. The molecule has 1 fully saturated rings. The molecule has 0 radical (unpaired) electrons. The summed E-state index contributed by atoms with van der Waals surface area (Å²) in [6.45, 7) is 13.3. The van der Waals surface area contributed by atoms with Crippen molar-refractivity contribution in [3.8, 4) is 0 Å². The molecule has 4 rings (SSSR count). The van der Waals surface area contributed by atoms with Crippen LogP contribution in [0.2, 0.25) is 0 Å². The molecule has 1 aromatic heterocycles. The summed E-state index contributed by atoms with van der Waals surface area (Å²) in [6.07, 6.45) is 0. The summed E-state index contributed by atoms with van der Waals surface area (Å²) >= 11 is 0. The Kier molecular flexibility index (Phi) is 5.70. The molecular formula is C26H34N4. The van der Waals surface area contributed by atoms with Crippen LogP contribution in [-0.2, 0) is 0 Å². The summed E-state index contributed by atoms with van der Waals surface area (Å²) in [4.78, 5) is 9.82. The van der Waals surface area contributed by atoms with Crippen molar-refractivity contribution in [2.24, 2.45) is 0 Å². The predicted molar refractivity (Wildman–Crippen MR) is 129 cm³/mol. The number of anilines is 3. The number of pyridine rings is 1. The van der Waals surface area contributed by atoms with E-state index in [4.69, 9.17) is 4.98 Å². The standard InChI is InChI=1S/C26H34N4/c1-17(2)25-20(5)27-24-10-8-7-9-23(24)26(25)28-21-11-13-22(14-12-21)30-15-18(3)29(6)19(4)16-30/h7-14,17-19H,15-16H2,1-6H3,(H,27,28). The first-order valence-electron chi connectivity index (χ1n) is 11.1. The zero-order chi connectivity index (χ0) is 21.4. The fourth-order valence-electron chi connectivity index (χ4n) is 4.71. The summed E-state index contributed by atoms with van der Waals surface area (Å²) in [7, 11) is 2.23. The maximum Gasteiger partial charge on any atom is 0.0726 e. The zero-order valence-corrected chi connectivity index (χ0v) is 19.1. The molecular weight excluding hydrogens is 368 g/mol. The van der Waals surface area contributed by atoms with E-state index in [0.717, 1.165) is 30.0 Å². The van der Waals surface area contributed by atoms with Crippen LogP contribution < -0.4 is 10.2 Å². The van der Waals surface area contributed by atoms with Crippen molar-refractivity contribution >= 4 is 28.0 Å². The van der Waals surface area contributed by atoms with E-state index in [9.17, 15) is 0 Å². The summed E-state index contributed by atoms with van der Waals surface area (Å²) in [5, 5.41) is 4.90. The van der Waals surface area contributed by atoms with E-state index in [-0.39, 0.29) is 0 Å². The van der Waals surface area contributed by atoms with Crippen molar-refractivity contribution in [1.29, 1.82) is 0 Å². The van der Waals surface area contributed by atoms with E-state index in [1.807, 2.05) is 0 Å². The highest BCUT2D eigenvalue weighted by Gasteiger charge is 2.26. The molecule has 2 heterocycles. The third kappa shape index (κ3) is 3.89. The van der Waals surface area contributed by atoms with Gasteiger partial charge < -0.3 is 10.2 Å². The molecule has 0 aliphatic carbocycles. The number of nitrogens with one attached hydrogen (secondary N) is 1. The van der Waals surface area contributed by atoms with Crippen LogP contribution in [0.15, 0.2) is 48.5 Å². The van der Waals surface area contributed by atoms with Crippen molar-refractivity contribution in [2.45, 2.75) is 52.6 Å². The maximum absolute atomic E-state index is 4.84. The van der Waals surface area contributed by atoms with E-state index >= 15 is 0 Å². The first-order valence-corrected chi connectivity index (χ1v) is 11.1. The molecule has 4 nitrogen and oxygen atoms in total. The smallest absolute Gasteiger partial charge is 0.0726 e. The Morgan fingerprint density at radius 3 is 2.23 bits per heavy atom. The molecule has 4 heteroatoms. The monoisotopic (exact) mass is 402 g/mol. The lowest BCUT2D eigenvalue weighted by atomic mass is 9.96. The average Bonchev–Trinajstić information content (AvgIpc) is 2.72. The van der Waals surface area contributed by atoms with Crippen LogP contribution in [0.1, 0.15) is 44.9 Å². The van der Waals surface area contributed by atoms with Crippen LogP contribution in [0.4, 0.5) is 17.1 Å². The Balaban J connectivity index is 1.64. The second-order valence-electron chi connectivity index (χ2n) is 9.10. The largest absolute Gasteiger partial charge is 0.368 e. The van der Waals surface area contributed by atoms with E-state index < -0.39 is 0 Å². The zero-order valence-electron chi connectivity index (χ0n) is 19.1. The van der Waals surface area contributed by atoms with Crippen LogP contribution in [0.3, 0.4) is 0 Å². The Morgan fingerprint density at radius 2 is 1.60 bits per heavy atom. The highest BCUT2D eigenvalue weighted by atomic mass is 15.3. The van der Waals surface area contributed by atoms with Gasteiger partial charge in [0, 0.05) is 53.2 Å². The predicted octanol–water partition coefficient (Wildman–Crippen LogP) is 5.94. The van der Waals surface area contributed by atoms with Gasteiger partial charge in [0.15, 0.2) is 0 Å². The van der Waals surface area contributed by atoms with Gasteiger partial charge in [0.25, 0.3) is 0 Å². The first kappa shape index (κ1) is 20.7. The third-order valence-corrected chi connectivity index (χ3v) is 6.56. The molecule has 2 atom stereocenters. The molecule has 1 saturated heterocycles. The number of piperazine rings is 1. The number of aryl methyl sites for hydroxylation is 1. The topological polar surface area (TPSA) is 31.4 Å². The molecule has 3 aromatic rings. The molecule has 0 saturated carbocycles. The molecule has 0 bridgehead atoms. The number of hydrogen-bond donors (Lipinski definition) is 1. The fraction of sp³-hybridized carbons (Fsp3) is 0.423. The first-order chi connectivity index (χ1) is 14.3. The van der Waals surface area contributed by atoms with Gasteiger partial charge in [-0.3, -0.25) is 9.88 Å². The number of rotatable bonds is 4. The van der Waals surface area contributed by atoms with Gasteiger partial charge in [0.05, 0.1) is 11.2 Å². The van der Waals surface area contributed by atoms with Crippen LogP contribution in [0, 0.1) is 6.92 Å². The summed E-state index contributed by atoms with van der Waals surface area (Å²) < 4.78 is 0. The minimum absolute atomic E-state index is 0.400. The van der Waals surface area contributed by atoms with Gasteiger partial charge in [0.1, 0.15) is 0 Å². The number of fused-ring (bicyclic) bond motifs is 1. The van der Waals surface area contributed by atoms with Crippen molar-refractivity contribution in [2.75, 3.05) is 30.4 Å². The molecule has 30 heavy (non-hydrogen) atoms. The van der Waals surface area contributed by atoms with Gasteiger partial charge in [-0.05, 0) is 64.1 Å². The Hall–Kier alpha value is -2.59. The van der Waals surface area contributed by atoms with Gasteiger partial charge in [0.2, 0.25) is 0 Å². The van der Waals surface area contributed by atoms with Gasteiger partial charge in [-0.25, -0.2) is 0 Å². The van der Waals surface area contributed by atoms with Crippen LogP contribution in [0.25, 0.3) is 10.9 Å². The lowest BCUT2D eigenvalue weighted by Gasteiger charge is -2.43. The van der Waals surface area contributed by atoms with E-state index in [1.165, 1.54) is 22.3 Å². The third-order valence-electron chi connectivity index (χ3n) is 6.56. The Morgan fingerprint density at radius 1 is 0.967 bits per heavy atom. The quantitative estimate of drug-likeness (QED) is 0.585. The molecule has 1 aliphatic rings. The van der Waals surface area contributed by atoms with E-state index in [2.05, 4.69) is 105 Å². The fourth-order valence-corrected chi connectivity index (χ4v) is 4.71. The second kappa shape index (κ2) is 8.27. The lowest BCUT2D eigenvalue weighted by molar-refractivity contribution is 0.170. The Labute approximate surface area is 180 Å². The molecule has 0 amide bonds. The van der Waals surface area contributed by atoms with E-state index in [1.54, 1.807) is 0 Å². The summed E-state index contributed by atoms with van der Waals surface area (Å²) in [5.41, 5.74) is 7.03. The van der Waals surface area contributed by atoms with Crippen molar-refractivity contribution < 1.29 is 0 Å². The summed E-state index contributed by atoms with van der Waals surface area (Å²) in [6, 6.07) is 18.4.